The Morgan fingerprint density at radius 2 is 1.83 bits per heavy atom. The predicted molar refractivity (Wildman–Crippen MR) is 84.3 cm³/mol. The SMILES string of the molecule is O=C(NC(CCCO)c1ccccc1)c1cc(F)c(F)cc1Cl. The van der Waals surface area contributed by atoms with E-state index >= 15 is 0 Å². The average Bonchev–Trinajstić information content (AvgIpc) is 2.55. The van der Waals surface area contributed by atoms with Gasteiger partial charge in [-0.1, -0.05) is 41.9 Å². The Kier molecular flexibility index (Phi) is 6.07. The number of hydrogen-bond donors (Lipinski definition) is 2. The third-order valence-electron chi connectivity index (χ3n) is 3.41. The van der Waals surface area contributed by atoms with Gasteiger partial charge >= 0.3 is 0 Å². The zero-order valence-electron chi connectivity index (χ0n) is 12.2. The largest absolute Gasteiger partial charge is 0.396 e. The molecule has 0 aliphatic heterocycles. The lowest BCUT2D eigenvalue weighted by Gasteiger charge is -2.19. The van der Waals surface area contributed by atoms with Crippen LogP contribution in [0.1, 0.15) is 34.8 Å². The summed E-state index contributed by atoms with van der Waals surface area (Å²) in [5.74, 6) is -2.83. The molecule has 0 aliphatic rings. The second kappa shape index (κ2) is 8.04. The first-order chi connectivity index (χ1) is 11.0. The van der Waals surface area contributed by atoms with E-state index in [4.69, 9.17) is 16.7 Å². The minimum absolute atomic E-state index is 0.00879. The molecule has 1 amide bonds. The van der Waals surface area contributed by atoms with Gasteiger partial charge < -0.3 is 10.4 Å². The van der Waals surface area contributed by atoms with Crippen LogP contribution in [-0.4, -0.2) is 17.6 Å². The number of carbonyl (C=O) groups excluding carboxylic acids is 1. The van der Waals surface area contributed by atoms with Crippen LogP contribution in [0.4, 0.5) is 8.78 Å². The fourth-order valence-electron chi connectivity index (χ4n) is 2.24. The van der Waals surface area contributed by atoms with Crippen molar-refractivity contribution in [3.63, 3.8) is 0 Å². The minimum Gasteiger partial charge on any atom is -0.396 e. The van der Waals surface area contributed by atoms with Gasteiger partial charge in [-0.3, -0.25) is 4.79 Å². The van der Waals surface area contributed by atoms with Gasteiger partial charge in [0.15, 0.2) is 11.6 Å². The molecule has 2 N–H and O–H groups in total. The number of aliphatic hydroxyl groups is 1. The Labute approximate surface area is 137 Å². The molecule has 2 aromatic rings. The highest BCUT2D eigenvalue weighted by molar-refractivity contribution is 6.33. The molecule has 0 saturated heterocycles. The van der Waals surface area contributed by atoms with Crippen molar-refractivity contribution in [3.05, 3.63) is 70.2 Å². The molecule has 0 radical (unpaired) electrons. The number of benzene rings is 2. The Hall–Kier alpha value is -1.98. The van der Waals surface area contributed by atoms with Gasteiger partial charge in [-0.2, -0.15) is 0 Å². The summed E-state index contributed by atoms with van der Waals surface area (Å²) in [4.78, 5) is 12.3. The number of rotatable bonds is 6. The molecule has 0 aromatic heterocycles. The average molecular weight is 340 g/mol. The van der Waals surface area contributed by atoms with Gasteiger partial charge in [0, 0.05) is 6.61 Å². The lowest BCUT2D eigenvalue weighted by atomic mass is 10.0. The molecule has 2 rings (SSSR count). The highest BCUT2D eigenvalue weighted by atomic mass is 35.5. The van der Waals surface area contributed by atoms with Crippen LogP contribution in [-0.2, 0) is 0 Å². The van der Waals surface area contributed by atoms with Crippen molar-refractivity contribution in [2.24, 2.45) is 0 Å². The Morgan fingerprint density at radius 3 is 2.48 bits per heavy atom. The lowest BCUT2D eigenvalue weighted by molar-refractivity contribution is 0.0932. The summed E-state index contributed by atoms with van der Waals surface area (Å²) in [6.45, 7) is -0.00879. The van der Waals surface area contributed by atoms with E-state index in [-0.39, 0.29) is 23.2 Å². The van der Waals surface area contributed by atoms with E-state index in [0.717, 1.165) is 17.7 Å². The van der Waals surface area contributed by atoms with Crippen LogP contribution in [0.3, 0.4) is 0 Å². The van der Waals surface area contributed by atoms with Gasteiger partial charge in [0.2, 0.25) is 0 Å². The first kappa shape index (κ1) is 17.4. The van der Waals surface area contributed by atoms with Crippen molar-refractivity contribution in [2.75, 3.05) is 6.61 Å². The quantitative estimate of drug-likeness (QED) is 0.785. The first-order valence-electron chi connectivity index (χ1n) is 7.14. The Morgan fingerprint density at radius 1 is 1.17 bits per heavy atom. The van der Waals surface area contributed by atoms with Gasteiger partial charge in [0.25, 0.3) is 5.91 Å². The van der Waals surface area contributed by atoms with Gasteiger partial charge in [-0.25, -0.2) is 8.78 Å². The summed E-state index contributed by atoms with van der Waals surface area (Å²) in [5.41, 5.74) is 0.725. The fourth-order valence-corrected chi connectivity index (χ4v) is 2.47. The van der Waals surface area contributed by atoms with E-state index in [1.807, 2.05) is 30.3 Å². The van der Waals surface area contributed by atoms with E-state index in [1.165, 1.54) is 0 Å². The van der Waals surface area contributed by atoms with Gasteiger partial charge in [-0.15, -0.1) is 0 Å². The highest BCUT2D eigenvalue weighted by Gasteiger charge is 2.19. The van der Waals surface area contributed by atoms with Crippen LogP contribution in [0.25, 0.3) is 0 Å². The van der Waals surface area contributed by atoms with E-state index in [0.29, 0.717) is 12.8 Å². The van der Waals surface area contributed by atoms with Crippen LogP contribution in [0.5, 0.6) is 0 Å². The van der Waals surface area contributed by atoms with Crippen LogP contribution >= 0.6 is 11.6 Å². The molecule has 0 saturated carbocycles. The maximum Gasteiger partial charge on any atom is 0.253 e. The second-order valence-corrected chi connectivity index (χ2v) is 5.46. The molecule has 3 nitrogen and oxygen atoms in total. The standard InChI is InChI=1S/C17H16ClF2NO2/c18-13-10-15(20)14(19)9-12(13)17(23)21-16(7-4-8-22)11-5-2-1-3-6-11/h1-3,5-6,9-10,16,22H,4,7-8H2,(H,21,23). The van der Waals surface area contributed by atoms with Crippen LogP contribution in [0.2, 0.25) is 5.02 Å². The van der Waals surface area contributed by atoms with Crippen molar-refractivity contribution in [1.82, 2.24) is 5.32 Å². The number of aliphatic hydroxyl groups excluding tert-OH is 1. The van der Waals surface area contributed by atoms with E-state index < -0.39 is 17.5 Å². The number of hydrogen-bond acceptors (Lipinski definition) is 2. The maximum absolute atomic E-state index is 13.3. The first-order valence-corrected chi connectivity index (χ1v) is 7.52. The lowest BCUT2D eigenvalue weighted by Crippen LogP contribution is -2.29. The summed E-state index contributed by atoms with van der Waals surface area (Å²) < 4.78 is 26.4. The van der Waals surface area contributed by atoms with E-state index in [1.54, 1.807) is 0 Å². The van der Waals surface area contributed by atoms with Crippen LogP contribution < -0.4 is 5.32 Å². The molecule has 2 aromatic carbocycles. The number of nitrogens with one attached hydrogen (secondary N) is 1. The van der Waals surface area contributed by atoms with Crippen molar-refractivity contribution >= 4 is 17.5 Å². The molecule has 1 unspecified atom stereocenters. The summed E-state index contributed by atoms with van der Waals surface area (Å²) in [6.07, 6.45) is 0.999. The third-order valence-corrected chi connectivity index (χ3v) is 3.73. The zero-order valence-corrected chi connectivity index (χ0v) is 13.0. The zero-order chi connectivity index (χ0) is 16.8. The molecule has 0 fully saturated rings. The summed E-state index contributed by atoms with van der Waals surface area (Å²) in [7, 11) is 0. The fraction of sp³-hybridized carbons (Fsp3) is 0.235. The van der Waals surface area contributed by atoms with Gasteiger partial charge in [-0.05, 0) is 30.5 Å². The number of halogens is 3. The van der Waals surface area contributed by atoms with E-state index in [9.17, 15) is 13.6 Å². The molecule has 1 atom stereocenters. The molecule has 0 heterocycles. The number of carbonyl (C=O) groups is 1. The third kappa shape index (κ3) is 4.50. The second-order valence-electron chi connectivity index (χ2n) is 5.05. The van der Waals surface area contributed by atoms with Crippen molar-refractivity contribution in [3.8, 4) is 0 Å². The van der Waals surface area contributed by atoms with Crippen LogP contribution in [0, 0.1) is 11.6 Å². The van der Waals surface area contributed by atoms with E-state index in [2.05, 4.69) is 5.32 Å². The smallest absolute Gasteiger partial charge is 0.253 e. The molecule has 122 valence electrons. The molecule has 0 aliphatic carbocycles. The number of amides is 1. The normalized spacial score (nSPS) is 12.0. The summed E-state index contributed by atoms with van der Waals surface area (Å²) in [5, 5.41) is 11.6. The molecule has 0 spiro atoms. The topological polar surface area (TPSA) is 49.3 Å². The molecule has 6 heteroatoms. The predicted octanol–water partition coefficient (Wildman–Crippen LogP) is 3.86. The van der Waals surface area contributed by atoms with Crippen molar-refractivity contribution in [1.29, 1.82) is 0 Å². The van der Waals surface area contributed by atoms with Crippen LogP contribution in [0.15, 0.2) is 42.5 Å². The molecular formula is C17H16ClF2NO2. The molecule has 0 bridgehead atoms. The Bertz CT molecular complexity index is 680. The Balaban J connectivity index is 2.22. The highest BCUT2D eigenvalue weighted by Crippen LogP contribution is 2.23. The molecule has 23 heavy (non-hydrogen) atoms. The van der Waals surface area contributed by atoms with Crippen molar-refractivity contribution < 1.29 is 18.7 Å². The maximum atomic E-state index is 13.3. The summed E-state index contributed by atoms with van der Waals surface area (Å²) in [6, 6.07) is 10.4. The van der Waals surface area contributed by atoms with Crippen molar-refractivity contribution in [2.45, 2.75) is 18.9 Å². The molecular weight excluding hydrogens is 324 g/mol. The van der Waals surface area contributed by atoms with Gasteiger partial charge in [0.05, 0.1) is 16.6 Å². The monoisotopic (exact) mass is 339 g/mol. The summed E-state index contributed by atoms with van der Waals surface area (Å²) >= 11 is 5.82. The van der Waals surface area contributed by atoms with Gasteiger partial charge in [0.1, 0.15) is 0 Å². The minimum atomic E-state index is -1.13.